The van der Waals surface area contributed by atoms with E-state index in [4.69, 9.17) is 15.2 Å². The molecule has 5 nitrogen and oxygen atoms in total. The molecule has 0 bridgehead atoms. The molecular weight excluding hydrogens is 262 g/mol. The number of ether oxygens (including phenoxy) is 2. The molecule has 6 heteroatoms. The number of hydrogen-bond donors (Lipinski definition) is 1. The lowest BCUT2D eigenvalue weighted by atomic mass is 9.95. The third-order valence-corrected chi connectivity index (χ3v) is 4.30. The number of aromatic nitrogens is 2. The van der Waals surface area contributed by atoms with E-state index in [0.717, 1.165) is 35.9 Å². The first kappa shape index (κ1) is 12.6. The van der Waals surface area contributed by atoms with Crippen LogP contribution in [-0.2, 0) is 4.74 Å². The van der Waals surface area contributed by atoms with Crippen LogP contribution in [0.25, 0.3) is 10.2 Å². The van der Waals surface area contributed by atoms with E-state index in [9.17, 15) is 0 Å². The average molecular weight is 279 g/mol. The molecule has 0 amide bonds. The highest BCUT2D eigenvalue weighted by molar-refractivity contribution is 7.16. The Morgan fingerprint density at radius 2 is 2.16 bits per heavy atom. The molecule has 1 aliphatic rings. The molecule has 2 atom stereocenters. The van der Waals surface area contributed by atoms with Gasteiger partial charge in [-0.3, -0.25) is 0 Å². The van der Waals surface area contributed by atoms with E-state index in [1.54, 1.807) is 18.4 Å². The fourth-order valence-corrected chi connectivity index (χ4v) is 3.28. The molecule has 2 unspecified atom stereocenters. The zero-order chi connectivity index (χ0) is 13.2. The minimum absolute atomic E-state index is 0.149. The van der Waals surface area contributed by atoms with Crippen LogP contribution in [0.5, 0.6) is 5.88 Å². The molecule has 1 fully saturated rings. The van der Waals surface area contributed by atoms with Gasteiger partial charge in [-0.05, 0) is 30.7 Å². The highest BCUT2D eigenvalue weighted by atomic mass is 32.1. The Bertz CT molecular complexity index is 572. The second-order valence-corrected chi connectivity index (χ2v) is 5.69. The average Bonchev–Trinajstić information content (AvgIpc) is 2.87. The first-order valence-electron chi connectivity index (χ1n) is 6.46. The maximum atomic E-state index is 6.04. The van der Waals surface area contributed by atoms with Crippen molar-refractivity contribution in [2.45, 2.75) is 37.9 Å². The summed E-state index contributed by atoms with van der Waals surface area (Å²) in [5.74, 6) is 0.870. The summed E-state index contributed by atoms with van der Waals surface area (Å²) in [6.07, 6.45) is 4.61. The lowest BCUT2D eigenvalue weighted by Gasteiger charge is -2.28. The second-order valence-electron chi connectivity index (χ2n) is 4.79. The molecule has 2 heterocycles. The Morgan fingerprint density at radius 3 is 3.00 bits per heavy atom. The summed E-state index contributed by atoms with van der Waals surface area (Å²) < 4.78 is 11.5. The summed E-state index contributed by atoms with van der Waals surface area (Å²) in [5.41, 5.74) is 5.72. The summed E-state index contributed by atoms with van der Waals surface area (Å²) >= 11 is 1.55. The third-order valence-electron chi connectivity index (χ3n) is 3.50. The first-order chi connectivity index (χ1) is 9.26. The van der Waals surface area contributed by atoms with Crippen LogP contribution in [0.1, 0.15) is 25.7 Å². The van der Waals surface area contributed by atoms with E-state index in [2.05, 4.69) is 9.97 Å². The quantitative estimate of drug-likeness (QED) is 0.935. The minimum Gasteiger partial charge on any atom is -0.474 e. The molecule has 1 aliphatic carbocycles. The van der Waals surface area contributed by atoms with Crippen LogP contribution in [0.3, 0.4) is 0 Å². The van der Waals surface area contributed by atoms with Gasteiger partial charge in [0.15, 0.2) is 0 Å². The van der Waals surface area contributed by atoms with Crippen LogP contribution in [0.4, 0.5) is 5.95 Å². The van der Waals surface area contributed by atoms with Crippen molar-refractivity contribution < 1.29 is 9.47 Å². The van der Waals surface area contributed by atoms with E-state index < -0.39 is 0 Å². The molecule has 2 aromatic heterocycles. The molecule has 0 saturated heterocycles. The van der Waals surface area contributed by atoms with E-state index in [1.165, 1.54) is 0 Å². The number of hydrogen-bond acceptors (Lipinski definition) is 6. The molecule has 1 saturated carbocycles. The first-order valence-corrected chi connectivity index (χ1v) is 7.34. The van der Waals surface area contributed by atoms with Crippen LogP contribution in [0.15, 0.2) is 11.4 Å². The fraction of sp³-hybridized carbons (Fsp3) is 0.538. The Hall–Kier alpha value is -1.40. The summed E-state index contributed by atoms with van der Waals surface area (Å²) in [7, 11) is 1.76. The maximum Gasteiger partial charge on any atom is 0.227 e. The predicted octanol–water partition coefficient (Wildman–Crippen LogP) is 2.61. The number of thiophene rings is 1. The minimum atomic E-state index is 0.149. The zero-order valence-electron chi connectivity index (χ0n) is 10.8. The smallest absolute Gasteiger partial charge is 0.227 e. The highest BCUT2D eigenvalue weighted by Gasteiger charge is 2.24. The van der Waals surface area contributed by atoms with Crippen LogP contribution in [0.2, 0.25) is 0 Å². The maximum absolute atomic E-state index is 6.04. The molecule has 0 aromatic carbocycles. The van der Waals surface area contributed by atoms with Gasteiger partial charge in [0.05, 0.1) is 11.5 Å². The molecule has 0 aliphatic heterocycles. The Morgan fingerprint density at radius 1 is 1.32 bits per heavy atom. The molecular formula is C13H17N3O2S. The predicted molar refractivity (Wildman–Crippen MR) is 75.5 cm³/mol. The molecule has 3 rings (SSSR count). The van der Waals surface area contributed by atoms with E-state index in [-0.39, 0.29) is 18.2 Å². The molecule has 0 spiro atoms. The van der Waals surface area contributed by atoms with E-state index in [1.807, 2.05) is 11.4 Å². The van der Waals surface area contributed by atoms with Crippen molar-refractivity contribution in [1.29, 1.82) is 0 Å². The number of nitrogen functional groups attached to an aromatic ring is 1. The Kier molecular flexibility index (Phi) is 3.52. The van der Waals surface area contributed by atoms with Gasteiger partial charge in [-0.2, -0.15) is 4.98 Å². The molecule has 102 valence electrons. The number of nitrogens with zero attached hydrogens (tertiary/aromatic N) is 2. The monoisotopic (exact) mass is 279 g/mol. The van der Waals surface area contributed by atoms with Gasteiger partial charge in [0.25, 0.3) is 0 Å². The Labute approximate surface area is 115 Å². The van der Waals surface area contributed by atoms with Crippen molar-refractivity contribution in [3.05, 3.63) is 11.4 Å². The van der Waals surface area contributed by atoms with Gasteiger partial charge >= 0.3 is 0 Å². The van der Waals surface area contributed by atoms with Crippen LogP contribution in [-0.4, -0.2) is 29.3 Å². The molecule has 2 N–H and O–H groups in total. The number of anilines is 1. The van der Waals surface area contributed by atoms with Crippen molar-refractivity contribution in [3.63, 3.8) is 0 Å². The fourth-order valence-electron chi connectivity index (χ4n) is 2.51. The van der Waals surface area contributed by atoms with Crippen molar-refractivity contribution in [2.24, 2.45) is 0 Å². The van der Waals surface area contributed by atoms with Gasteiger partial charge < -0.3 is 15.2 Å². The van der Waals surface area contributed by atoms with Crippen molar-refractivity contribution >= 4 is 27.5 Å². The summed E-state index contributed by atoms with van der Waals surface area (Å²) in [6, 6.07) is 1.98. The lowest BCUT2D eigenvalue weighted by Crippen LogP contribution is -2.29. The number of nitrogens with two attached hydrogens (primary N) is 1. The van der Waals surface area contributed by atoms with Gasteiger partial charge in [0, 0.05) is 13.5 Å². The zero-order valence-corrected chi connectivity index (χ0v) is 11.7. The molecule has 19 heavy (non-hydrogen) atoms. The van der Waals surface area contributed by atoms with E-state index >= 15 is 0 Å². The third kappa shape index (κ3) is 2.64. The second kappa shape index (κ2) is 5.30. The van der Waals surface area contributed by atoms with Crippen molar-refractivity contribution in [1.82, 2.24) is 9.97 Å². The van der Waals surface area contributed by atoms with Crippen LogP contribution >= 0.6 is 11.3 Å². The van der Waals surface area contributed by atoms with Crippen molar-refractivity contribution in [3.8, 4) is 5.88 Å². The normalized spacial score (nSPS) is 23.6. The van der Waals surface area contributed by atoms with Gasteiger partial charge in [-0.15, -0.1) is 11.3 Å². The largest absolute Gasteiger partial charge is 0.474 e. The van der Waals surface area contributed by atoms with Gasteiger partial charge in [-0.25, -0.2) is 4.98 Å². The summed E-state index contributed by atoms with van der Waals surface area (Å²) in [6.45, 7) is 0. The molecule has 0 radical (unpaired) electrons. The topological polar surface area (TPSA) is 70.3 Å². The van der Waals surface area contributed by atoms with Crippen molar-refractivity contribution in [2.75, 3.05) is 12.8 Å². The number of fused-ring (bicyclic) bond motifs is 1. The number of rotatable bonds is 3. The van der Waals surface area contributed by atoms with E-state index in [0.29, 0.717) is 5.88 Å². The van der Waals surface area contributed by atoms with Gasteiger partial charge in [-0.1, -0.05) is 0 Å². The van der Waals surface area contributed by atoms with Crippen LogP contribution < -0.4 is 10.5 Å². The molecule has 2 aromatic rings. The van der Waals surface area contributed by atoms with Gasteiger partial charge in [0.1, 0.15) is 10.9 Å². The highest BCUT2D eigenvalue weighted by Crippen LogP contribution is 2.31. The van der Waals surface area contributed by atoms with Crippen LogP contribution in [0, 0.1) is 0 Å². The van der Waals surface area contributed by atoms with Gasteiger partial charge in [0.2, 0.25) is 11.8 Å². The summed E-state index contributed by atoms with van der Waals surface area (Å²) in [5, 5.41) is 2.92. The lowest BCUT2D eigenvalue weighted by molar-refractivity contribution is 0.0201. The standard InChI is InChI=1S/C13H17N3O2S/c1-17-8-3-2-4-9(7-8)18-11-10-5-6-19-12(10)16-13(14)15-11/h5-6,8-9H,2-4,7H2,1H3,(H2,14,15,16). The SMILES string of the molecule is COC1CCCC(Oc2nc(N)nc3sccc23)C1. The summed E-state index contributed by atoms with van der Waals surface area (Å²) in [4.78, 5) is 9.31. The number of methoxy groups -OCH3 is 1. The Balaban J connectivity index is 1.82.